The van der Waals surface area contributed by atoms with Crippen LogP contribution in [0.2, 0.25) is 0 Å². The van der Waals surface area contributed by atoms with Crippen molar-refractivity contribution in [2.24, 2.45) is 51.8 Å². The van der Waals surface area contributed by atoms with Crippen LogP contribution >= 0.6 is 0 Å². The fourth-order valence-corrected chi connectivity index (χ4v) is 8.42. The van der Waals surface area contributed by atoms with Gasteiger partial charge in [0.15, 0.2) is 0 Å². The van der Waals surface area contributed by atoms with Crippen molar-refractivity contribution in [1.82, 2.24) is 0 Å². The summed E-state index contributed by atoms with van der Waals surface area (Å²) in [6.07, 6.45) is 13.2. The highest BCUT2D eigenvalue weighted by atomic mass is 16.3. The van der Waals surface area contributed by atoms with Gasteiger partial charge in [-0.25, -0.2) is 0 Å². The van der Waals surface area contributed by atoms with Crippen molar-refractivity contribution in [3.63, 3.8) is 0 Å². The van der Waals surface area contributed by atoms with Crippen molar-refractivity contribution < 1.29 is 5.11 Å². The summed E-state index contributed by atoms with van der Waals surface area (Å²) in [6.45, 7) is 12.8. The average Bonchev–Trinajstić information content (AvgIpc) is 2.49. The fourth-order valence-electron chi connectivity index (χ4n) is 8.42. The number of hydrogen-bond donors (Lipinski definition) is 1. The van der Waals surface area contributed by atoms with E-state index in [0.29, 0.717) is 23.4 Å². The molecule has 3 atom stereocenters. The Labute approximate surface area is 156 Å². The van der Waals surface area contributed by atoms with Crippen LogP contribution in [0.5, 0.6) is 0 Å². The number of aliphatic hydroxyl groups is 1. The van der Waals surface area contributed by atoms with Crippen LogP contribution in [0.1, 0.15) is 92.4 Å². The third-order valence-corrected chi connectivity index (χ3v) is 10.3. The first-order valence-corrected chi connectivity index (χ1v) is 11.3. The predicted molar refractivity (Wildman–Crippen MR) is 105 cm³/mol. The Kier molecular flexibility index (Phi) is 4.38. The third kappa shape index (κ3) is 2.66. The maximum atomic E-state index is 10.2. The van der Waals surface area contributed by atoms with Crippen LogP contribution in [0, 0.1) is 51.8 Å². The van der Waals surface area contributed by atoms with Gasteiger partial charge in [-0.2, -0.15) is 0 Å². The third-order valence-electron chi connectivity index (χ3n) is 10.3. The molecule has 5 saturated carbocycles. The summed E-state index contributed by atoms with van der Waals surface area (Å²) in [5.41, 5.74) is 1.36. The molecule has 0 aromatic rings. The summed E-state index contributed by atoms with van der Waals surface area (Å²) in [4.78, 5) is 0. The highest BCUT2D eigenvalue weighted by Gasteiger charge is 2.61. The molecule has 5 rings (SSSR count). The van der Waals surface area contributed by atoms with Crippen LogP contribution in [0.25, 0.3) is 0 Å². The lowest BCUT2D eigenvalue weighted by Gasteiger charge is -2.67. The molecule has 0 spiro atoms. The molecule has 25 heavy (non-hydrogen) atoms. The van der Waals surface area contributed by atoms with Crippen LogP contribution in [0.15, 0.2) is 0 Å². The topological polar surface area (TPSA) is 20.2 Å². The summed E-state index contributed by atoms with van der Waals surface area (Å²) in [5, 5.41) is 10.2. The minimum atomic E-state index is 0.273. The van der Waals surface area contributed by atoms with E-state index >= 15 is 0 Å². The zero-order valence-corrected chi connectivity index (χ0v) is 17.5. The fraction of sp³-hybridized carbons (Fsp3) is 1.00. The van der Waals surface area contributed by atoms with E-state index in [1.807, 2.05) is 0 Å². The lowest BCUT2D eigenvalue weighted by molar-refractivity contribution is -0.177. The number of rotatable bonds is 6. The molecule has 144 valence electrons. The number of aliphatic hydroxyl groups excluding tert-OH is 1. The summed E-state index contributed by atoms with van der Waals surface area (Å²) >= 11 is 0. The normalized spacial score (nSPS) is 44.6. The Balaban J connectivity index is 1.58. The Morgan fingerprint density at radius 2 is 1.44 bits per heavy atom. The average molecular weight is 347 g/mol. The van der Waals surface area contributed by atoms with E-state index in [1.54, 1.807) is 19.3 Å². The molecule has 1 nitrogen and oxygen atoms in total. The Hall–Kier alpha value is -0.0400. The molecular weight excluding hydrogens is 304 g/mol. The van der Waals surface area contributed by atoms with Crippen molar-refractivity contribution in [1.29, 1.82) is 0 Å². The van der Waals surface area contributed by atoms with Crippen molar-refractivity contribution >= 4 is 0 Å². The van der Waals surface area contributed by atoms with E-state index in [0.717, 1.165) is 29.6 Å². The monoisotopic (exact) mass is 346 g/mol. The van der Waals surface area contributed by atoms with Gasteiger partial charge in [-0.3, -0.25) is 0 Å². The molecule has 5 aliphatic carbocycles. The van der Waals surface area contributed by atoms with E-state index < -0.39 is 0 Å². The van der Waals surface area contributed by atoms with E-state index in [4.69, 9.17) is 0 Å². The molecule has 4 bridgehead atoms. The van der Waals surface area contributed by atoms with Crippen LogP contribution in [0.3, 0.4) is 0 Å². The summed E-state index contributed by atoms with van der Waals surface area (Å²) in [5.74, 6) is 5.22. The largest absolute Gasteiger partial charge is 0.396 e. The zero-order valence-electron chi connectivity index (χ0n) is 17.5. The van der Waals surface area contributed by atoms with Gasteiger partial charge in [0.05, 0.1) is 0 Å². The van der Waals surface area contributed by atoms with Crippen LogP contribution < -0.4 is 0 Å². The molecule has 0 aliphatic heterocycles. The van der Waals surface area contributed by atoms with E-state index in [1.165, 1.54) is 38.5 Å². The van der Waals surface area contributed by atoms with Crippen molar-refractivity contribution in [3.8, 4) is 0 Å². The minimum absolute atomic E-state index is 0.273. The first-order chi connectivity index (χ1) is 11.7. The second kappa shape index (κ2) is 5.98. The first-order valence-electron chi connectivity index (χ1n) is 11.3. The SMILES string of the molecule is CCC(C)(C)C(CO)[C@H]1CCC1C(C)(C)C12CC3CC(CC(C3)C1)C2. The van der Waals surface area contributed by atoms with Gasteiger partial charge in [0, 0.05) is 6.61 Å². The van der Waals surface area contributed by atoms with Gasteiger partial charge in [0.25, 0.3) is 0 Å². The van der Waals surface area contributed by atoms with Crippen LogP contribution in [0.4, 0.5) is 0 Å². The van der Waals surface area contributed by atoms with Gasteiger partial charge in [-0.05, 0) is 103 Å². The molecule has 1 heteroatoms. The Morgan fingerprint density at radius 3 is 1.80 bits per heavy atom. The highest BCUT2D eigenvalue weighted by Crippen LogP contribution is 2.70. The van der Waals surface area contributed by atoms with Gasteiger partial charge >= 0.3 is 0 Å². The quantitative estimate of drug-likeness (QED) is 0.598. The molecule has 2 unspecified atom stereocenters. The summed E-state index contributed by atoms with van der Waals surface area (Å²) in [6, 6.07) is 0. The predicted octanol–water partition coefficient (Wildman–Crippen LogP) is 6.30. The van der Waals surface area contributed by atoms with Gasteiger partial charge in [-0.15, -0.1) is 0 Å². The molecule has 0 aromatic heterocycles. The van der Waals surface area contributed by atoms with Crippen LogP contribution in [-0.4, -0.2) is 11.7 Å². The van der Waals surface area contributed by atoms with E-state index in [-0.39, 0.29) is 5.41 Å². The lowest BCUT2D eigenvalue weighted by atomic mass is 9.38. The van der Waals surface area contributed by atoms with Crippen molar-refractivity contribution in [3.05, 3.63) is 0 Å². The Morgan fingerprint density at radius 1 is 0.920 bits per heavy atom. The van der Waals surface area contributed by atoms with Gasteiger partial charge in [0.2, 0.25) is 0 Å². The molecule has 0 saturated heterocycles. The van der Waals surface area contributed by atoms with Crippen molar-refractivity contribution in [2.45, 2.75) is 92.4 Å². The smallest absolute Gasteiger partial charge is 0.0467 e. The summed E-state index contributed by atoms with van der Waals surface area (Å²) in [7, 11) is 0. The molecule has 5 fully saturated rings. The van der Waals surface area contributed by atoms with Gasteiger partial charge < -0.3 is 5.11 Å². The van der Waals surface area contributed by atoms with Gasteiger partial charge in [-0.1, -0.05) is 41.0 Å². The molecule has 0 radical (unpaired) electrons. The first kappa shape index (κ1) is 18.3. The molecular formula is C24H42O. The molecule has 1 N–H and O–H groups in total. The second-order valence-electron chi connectivity index (χ2n) is 11.9. The zero-order chi connectivity index (χ0) is 18.0. The van der Waals surface area contributed by atoms with E-state index in [9.17, 15) is 5.11 Å². The van der Waals surface area contributed by atoms with E-state index in [2.05, 4.69) is 34.6 Å². The molecule has 0 heterocycles. The summed E-state index contributed by atoms with van der Waals surface area (Å²) < 4.78 is 0. The van der Waals surface area contributed by atoms with Crippen molar-refractivity contribution in [2.75, 3.05) is 6.61 Å². The Bertz CT molecular complexity index is 467. The second-order valence-corrected chi connectivity index (χ2v) is 11.9. The molecule has 5 aliphatic rings. The van der Waals surface area contributed by atoms with Crippen LogP contribution in [-0.2, 0) is 0 Å². The molecule has 0 aromatic carbocycles. The lowest BCUT2D eigenvalue weighted by Crippen LogP contribution is -2.59. The maximum absolute atomic E-state index is 10.2. The minimum Gasteiger partial charge on any atom is -0.396 e. The highest BCUT2D eigenvalue weighted by molar-refractivity contribution is 5.11. The van der Waals surface area contributed by atoms with Gasteiger partial charge in [0.1, 0.15) is 0 Å². The molecule has 0 amide bonds. The standard InChI is InChI=1S/C24H42O/c1-6-22(2,3)21(15-25)19-7-8-20(19)23(4,5)24-12-16-9-17(13-24)11-18(10-16)14-24/h16-21,25H,6-15H2,1-5H3/t16?,17?,18?,19-,20?,21?,24?/m0/s1. The maximum Gasteiger partial charge on any atom is 0.0467 e. The number of hydrogen-bond acceptors (Lipinski definition) is 1.